The van der Waals surface area contributed by atoms with Crippen LogP contribution in [0.4, 0.5) is 4.39 Å². The highest BCUT2D eigenvalue weighted by Gasteiger charge is 2.10. The molecule has 0 fully saturated rings. The molecule has 0 aliphatic rings. The summed E-state index contributed by atoms with van der Waals surface area (Å²) in [5, 5.41) is 3.61. The highest BCUT2D eigenvalue weighted by Crippen LogP contribution is 2.20. The van der Waals surface area contributed by atoms with Crippen molar-refractivity contribution in [1.82, 2.24) is 5.32 Å². The number of hydrogen-bond donors (Lipinski definition) is 1. The first-order valence-corrected chi connectivity index (χ1v) is 7.82. The van der Waals surface area contributed by atoms with Gasteiger partial charge in [0, 0.05) is 12.6 Å². The lowest BCUT2D eigenvalue weighted by molar-refractivity contribution is 0.473. The Hall–Kier alpha value is -1.67. The van der Waals surface area contributed by atoms with E-state index in [2.05, 4.69) is 36.5 Å². The summed E-state index contributed by atoms with van der Waals surface area (Å²) in [6.45, 7) is 3.00. The van der Waals surface area contributed by atoms with E-state index in [-0.39, 0.29) is 5.82 Å². The summed E-state index contributed by atoms with van der Waals surface area (Å²) >= 11 is 0. The molecule has 0 heterocycles. The minimum Gasteiger partial charge on any atom is -0.306 e. The second-order valence-corrected chi connectivity index (χ2v) is 5.47. The molecule has 2 aromatic carbocycles. The van der Waals surface area contributed by atoms with Crippen LogP contribution in [0.1, 0.15) is 49.8 Å². The quantitative estimate of drug-likeness (QED) is 0.654. The van der Waals surface area contributed by atoms with Crippen LogP contribution in [0.25, 0.3) is 0 Å². The molecule has 0 aliphatic heterocycles. The fourth-order valence-electron chi connectivity index (χ4n) is 2.51. The molecule has 0 saturated carbocycles. The van der Waals surface area contributed by atoms with Crippen LogP contribution in [0.5, 0.6) is 0 Å². The largest absolute Gasteiger partial charge is 0.306 e. The Balaban J connectivity index is 1.96. The first-order chi connectivity index (χ1) is 10.3. The number of benzene rings is 2. The second kappa shape index (κ2) is 8.58. The van der Waals surface area contributed by atoms with Gasteiger partial charge in [-0.1, -0.05) is 68.7 Å². The first kappa shape index (κ1) is 15.7. The van der Waals surface area contributed by atoms with Gasteiger partial charge in [-0.3, -0.25) is 0 Å². The molecule has 0 spiro atoms. The van der Waals surface area contributed by atoms with Crippen molar-refractivity contribution in [2.75, 3.05) is 0 Å². The highest BCUT2D eigenvalue weighted by atomic mass is 19.1. The van der Waals surface area contributed by atoms with Crippen LogP contribution < -0.4 is 5.32 Å². The van der Waals surface area contributed by atoms with Crippen LogP contribution in [0.2, 0.25) is 0 Å². The van der Waals surface area contributed by atoms with Crippen molar-refractivity contribution >= 4 is 0 Å². The SMILES string of the molecule is CCCCCC(NCc1ccc(F)cc1)c1ccccc1. The van der Waals surface area contributed by atoms with Crippen molar-refractivity contribution in [3.63, 3.8) is 0 Å². The fourth-order valence-corrected chi connectivity index (χ4v) is 2.51. The lowest BCUT2D eigenvalue weighted by Crippen LogP contribution is -2.21. The summed E-state index contributed by atoms with van der Waals surface area (Å²) in [6, 6.07) is 17.7. The van der Waals surface area contributed by atoms with Gasteiger partial charge in [0.25, 0.3) is 0 Å². The lowest BCUT2D eigenvalue weighted by atomic mass is 10.00. The van der Waals surface area contributed by atoms with Crippen LogP contribution in [0, 0.1) is 5.82 Å². The molecule has 1 atom stereocenters. The van der Waals surface area contributed by atoms with E-state index in [1.807, 2.05) is 18.2 Å². The van der Waals surface area contributed by atoms with Gasteiger partial charge in [0.15, 0.2) is 0 Å². The Bertz CT molecular complexity index is 507. The minimum atomic E-state index is -0.179. The lowest BCUT2D eigenvalue weighted by Gasteiger charge is -2.19. The maximum absolute atomic E-state index is 12.9. The zero-order valence-electron chi connectivity index (χ0n) is 12.7. The molecule has 1 unspecified atom stereocenters. The predicted molar refractivity (Wildman–Crippen MR) is 86.6 cm³/mol. The van der Waals surface area contributed by atoms with Gasteiger partial charge in [-0.05, 0) is 29.7 Å². The van der Waals surface area contributed by atoms with E-state index in [4.69, 9.17) is 0 Å². The third-order valence-electron chi connectivity index (χ3n) is 3.76. The summed E-state index contributed by atoms with van der Waals surface area (Å²) in [7, 11) is 0. The predicted octanol–water partition coefficient (Wildman–Crippen LogP) is 5.24. The number of unbranched alkanes of at least 4 members (excludes halogenated alkanes) is 2. The highest BCUT2D eigenvalue weighted by molar-refractivity contribution is 5.20. The Labute approximate surface area is 127 Å². The van der Waals surface area contributed by atoms with Crippen molar-refractivity contribution in [2.24, 2.45) is 0 Å². The van der Waals surface area contributed by atoms with Crippen LogP contribution in [0.3, 0.4) is 0 Å². The molecule has 0 amide bonds. The first-order valence-electron chi connectivity index (χ1n) is 7.82. The van der Waals surface area contributed by atoms with E-state index in [1.54, 1.807) is 0 Å². The molecule has 2 rings (SSSR count). The van der Waals surface area contributed by atoms with E-state index in [0.717, 1.165) is 18.5 Å². The summed E-state index contributed by atoms with van der Waals surface area (Å²) in [5.74, 6) is -0.179. The van der Waals surface area contributed by atoms with Crippen LogP contribution in [-0.4, -0.2) is 0 Å². The minimum absolute atomic E-state index is 0.179. The number of halogens is 1. The fraction of sp³-hybridized carbons (Fsp3) is 0.368. The summed E-state index contributed by atoms with van der Waals surface area (Å²) in [4.78, 5) is 0. The molecule has 21 heavy (non-hydrogen) atoms. The zero-order valence-corrected chi connectivity index (χ0v) is 12.7. The standard InChI is InChI=1S/C19H24FN/c1-2-3-5-10-19(17-8-6-4-7-9-17)21-15-16-11-13-18(20)14-12-16/h4,6-9,11-14,19,21H,2-3,5,10,15H2,1H3. The molecule has 0 radical (unpaired) electrons. The van der Waals surface area contributed by atoms with Crippen molar-refractivity contribution in [3.05, 3.63) is 71.5 Å². The van der Waals surface area contributed by atoms with Crippen LogP contribution in [0.15, 0.2) is 54.6 Å². The molecule has 2 heteroatoms. The van der Waals surface area contributed by atoms with Crippen LogP contribution >= 0.6 is 0 Å². The average Bonchev–Trinajstić information content (AvgIpc) is 2.53. The van der Waals surface area contributed by atoms with Gasteiger partial charge in [-0.15, -0.1) is 0 Å². The number of nitrogens with one attached hydrogen (secondary N) is 1. The maximum atomic E-state index is 12.9. The van der Waals surface area contributed by atoms with Crippen molar-refractivity contribution < 1.29 is 4.39 Å². The summed E-state index contributed by atoms with van der Waals surface area (Å²) in [5.41, 5.74) is 2.45. The van der Waals surface area contributed by atoms with Gasteiger partial charge < -0.3 is 5.32 Å². The molecule has 0 aromatic heterocycles. The van der Waals surface area contributed by atoms with Gasteiger partial charge in [0.2, 0.25) is 0 Å². The van der Waals surface area contributed by atoms with Gasteiger partial charge in [-0.25, -0.2) is 4.39 Å². The smallest absolute Gasteiger partial charge is 0.123 e. The third-order valence-corrected chi connectivity index (χ3v) is 3.76. The molecule has 112 valence electrons. The van der Waals surface area contributed by atoms with Crippen molar-refractivity contribution in [1.29, 1.82) is 0 Å². The summed E-state index contributed by atoms with van der Waals surface area (Å²) in [6.07, 6.45) is 4.87. The van der Waals surface area contributed by atoms with Gasteiger partial charge >= 0.3 is 0 Å². The van der Waals surface area contributed by atoms with E-state index in [1.165, 1.54) is 37.0 Å². The topological polar surface area (TPSA) is 12.0 Å². The van der Waals surface area contributed by atoms with Gasteiger partial charge in [-0.2, -0.15) is 0 Å². The van der Waals surface area contributed by atoms with Gasteiger partial charge in [0.1, 0.15) is 5.82 Å². The number of hydrogen-bond acceptors (Lipinski definition) is 1. The summed E-state index contributed by atoms with van der Waals surface area (Å²) < 4.78 is 12.9. The molecular formula is C19H24FN. The monoisotopic (exact) mass is 285 g/mol. The normalized spacial score (nSPS) is 12.3. The molecule has 2 aromatic rings. The van der Waals surface area contributed by atoms with E-state index >= 15 is 0 Å². The Kier molecular flexibility index (Phi) is 6.42. The van der Waals surface area contributed by atoms with E-state index < -0.39 is 0 Å². The Morgan fingerprint density at radius 3 is 2.33 bits per heavy atom. The van der Waals surface area contributed by atoms with Crippen LogP contribution in [-0.2, 0) is 6.54 Å². The third kappa shape index (κ3) is 5.31. The second-order valence-electron chi connectivity index (χ2n) is 5.47. The Morgan fingerprint density at radius 2 is 1.67 bits per heavy atom. The molecular weight excluding hydrogens is 261 g/mol. The molecule has 0 saturated heterocycles. The Morgan fingerprint density at radius 1 is 0.952 bits per heavy atom. The van der Waals surface area contributed by atoms with E-state index in [0.29, 0.717) is 6.04 Å². The zero-order chi connectivity index (χ0) is 14.9. The molecule has 0 bridgehead atoms. The maximum Gasteiger partial charge on any atom is 0.123 e. The van der Waals surface area contributed by atoms with E-state index in [9.17, 15) is 4.39 Å². The van der Waals surface area contributed by atoms with Crippen molar-refractivity contribution in [2.45, 2.75) is 45.2 Å². The molecule has 1 nitrogen and oxygen atoms in total. The molecule has 1 N–H and O–H groups in total. The van der Waals surface area contributed by atoms with Gasteiger partial charge in [0.05, 0.1) is 0 Å². The molecule has 0 aliphatic carbocycles. The van der Waals surface area contributed by atoms with Crippen molar-refractivity contribution in [3.8, 4) is 0 Å². The number of rotatable bonds is 8. The average molecular weight is 285 g/mol.